The normalized spacial score (nSPS) is 22.6. The molecule has 2 unspecified atom stereocenters. The number of aryl methyl sites for hydroxylation is 1. The molecule has 0 amide bonds. The van der Waals surface area contributed by atoms with E-state index in [0.717, 1.165) is 19.8 Å². The maximum absolute atomic E-state index is 5.64. The number of ether oxygens (including phenoxy) is 1. The second-order valence-corrected chi connectivity index (χ2v) is 5.96. The van der Waals surface area contributed by atoms with Gasteiger partial charge in [-0.3, -0.25) is 0 Å². The first kappa shape index (κ1) is 13.1. The van der Waals surface area contributed by atoms with Gasteiger partial charge in [-0.25, -0.2) is 0 Å². The minimum Gasteiger partial charge on any atom is -0.381 e. The molecule has 2 nitrogen and oxygen atoms in total. The van der Waals surface area contributed by atoms with Crippen molar-refractivity contribution < 1.29 is 4.74 Å². The number of hydrogen-bond donors (Lipinski definition) is 1. The van der Waals surface area contributed by atoms with E-state index >= 15 is 0 Å². The smallest absolute Gasteiger partial charge is 0.0512 e. The Morgan fingerprint density at radius 1 is 1.59 bits per heavy atom. The van der Waals surface area contributed by atoms with Crippen LogP contribution in [0.1, 0.15) is 42.7 Å². The van der Waals surface area contributed by atoms with Gasteiger partial charge in [-0.1, -0.05) is 6.92 Å². The zero-order valence-electron chi connectivity index (χ0n) is 10.9. The summed E-state index contributed by atoms with van der Waals surface area (Å²) in [6.07, 6.45) is 3.68. The topological polar surface area (TPSA) is 21.3 Å². The molecule has 2 heterocycles. The van der Waals surface area contributed by atoms with Crippen molar-refractivity contribution >= 4 is 11.3 Å². The zero-order chi connectivity index (χ0) is 12.1. The van der Waals surface area contributed by atoms with Crippen molar-refractivity contribution in [2.75, 3.05) is 19.8 Å². The molecule has 0 aliphatic carbocycles. The minimum atomic E-state index is 0.487. The Labute approximate surface area is 108 Å². The van der Waals surface area contributed by atoms with E-state index in [0.29, 0.717) is 12.0 Å². The van der Waals surface area contributed by atoms with Crippen LogP contribution in [-0.4, -0.2) is 19.8 Å². The molecule has 1 aromatic rings. The van der Waals surface area contributed by atoms with Crippen molar-refractivity contribution in [3.05, 3.63) is 21.9 Å². The summed E-state index contributed by atoms with van der Waals surface area (Å²) in [6, 6.07) is 2.77. The van der Waals surface area contributed by atoms with Crippen LogP contribution in [0.2, 0.25) is 0 Å². The molecule has 1 N–H and O–H groups in total. The third-order valence-electron chi connectivity index (χ3n) is 3.52. The van der Waals surface area contributed by atoms with Crippen LogP contribution in [0.25, 0.3) is 0 Å². The largest absolute Gasteiger partial charge is 0.381 e. The quantitative estimate of drug-likeness (QED) is 0.867. The fourth-order valence-corrected chi connectivity index (χ4v) is 3.33. The van der Waals surface area contributed by atoms with Gasteiger partial charge in [0.15, 0.2) is 0 Å². The molecule has 0 spiro atoms. The predicted molar refractivity (Wildman–Crippen MR) is 73.6 cm³/mol. The fraction of sp³-hybridized carbons (Fsp3) is 0.714. The Balaban J connectivity index is 2.09. The van der Waals surface area contributed by atoms with E-state index in [-0.39, 0.29) is 0 Å². The molecule has 96 valence electrons. The van der Waals surface area contributed by atoms with E-state index in [1.54, 1.807) is 0 Å². The molecule has 1 saturated heterocycles. The lowest BCUT2D eigenvalue weighted by atomic mass is 9.89. The van der Waals surface area contributed by atoms with Crippen LogP contribution in [0.15, 0.2) is 11.4 Å². The van der Waals surface area contributed by atoms with Crippen molar-refractivity contribution in [2.24, 2.45) is 5.92 Å². The molecule has 1 aliphatic rings. The standard InChI is InChI=1S/C14H23NOS/c1-3-7-15-14(12-5-4-8-16-10-12)13-6-9-17-11(13)2/h6,9,12,14-15H,3-5,7-8,10H2,1-2H3. The average Bonchev–Trinajstić information content (AvgIpc) is 2.78. The first-order valence-electron chi connectivity index (χ1n) is 6.68. The highest BCUT2D eigenvalue weighted by Crippen LogP contribution is 2.32. The van der Waals surface area contributed by atoms with Crippen LogP contribution in [0, 0.1) is 12.8 Å². The van der Waals surface area contributed by atoms with Gasteiger partial charge < -0.3 is 10.1 Å². The molecule has 2 atom stereocenters. The third kappa shape index (κ3) is 3.30. The van der Waals surface area contributed by atoms with E-state index in [1.807, 2.05) is 11.3 Å². The van der Waals surface area contributed by atoms with Gasteiger partial charge in [0, 0.05) is 23.4 Å². The summed E-state index contributed by atoms with van der Waals surface area (Å²) in [7, 11) is 0. The van der Waals surface area contributed by atoms with Crippen molar-refractivity contribution in [2.45, 2.75) is 39.2 Å². The Bertz CT molecular complexity index is 331. The minimum absolute atomic E-state index is 0.487. The summed E-state index contributed by atoms with van der Waals surface area (Å²) in [5.74, 6) is 0.642. The molecule has 0 bridgehead atoms. The summed E-state index contributed by atoms with van der Waals surface area (Å²) in [5.41, 5.74) is 1.49. The van der Waals surface area contributed by atoms with Gasteiger partial charge >= 0.3 is 0 Å². The van der Waals surface area contributed by atoms with Gasteiger partial charge in [-0.2, -0.15) is 0 Å². The number of rotatable bonds is 5. The first-order valence-corrected chi connectivity index (χ1v) is 7.56. The van der Waals surface area contributed by atoms with Crippen LogP contribution >= 0.6 is 11.3 Å². The van der Waals surface area contributed by atoms with Gasteiger partial charge in [-0.05, 0) is 49.7 Å². The van der Waals surface area contributed by atoms with Crippen molar-refractivity contribution in [1.29, 1.82) is 0 Å². The van der Waals surface area contributed by atoms with Crippen LogP contribution in [0.4, 0.5) is 0 Å². The lowest BCUT2D eigenvalue weighted by molar-refractivity contribution is 0.0390. The van der Waals surface area contributed by atoms with E-state index in [2.05, 4.69) is 30.6 Å². The highest BCUT2D eigenvalue weighted by molar-refractivity contribution is 7.10. The highest BCUT2D eigenvalue weighted by Gasteiger charge is 2.26. The van der Waals surface area contributed by atoms with Crippen LogP contribution in [0.3, 0.4) is 0 Å². The fourth-order valence-electron chi connectivity index (χ4n) is 2.58. The maximum atomic E-state index is 5.64. The molecular formula is C14H23NOS. The Morgan fingerprint density at radius 2 is 2.47 bits per heavy atom. The summed E-state index contributed by atoms with van der Waals surface area (Å²) >= 11 is 1.85. The molecule has 3 heteroatoms. The van der Waals surface area contributed by atoms with Crippen molar-refractivity contribution in [1.82, 2.24) is 5.32 Å². The molecule has 0 aromatic carbocycles. The Hall–Kier alpha value is -0.380. The molecule has 1 fully saturated rings. The van der Waals surface area contributed by atoms with E-state index in [4.69, 9.17) is 4.74 Å². The summed E-state index contributed by atoms with van der Waals surface area (Å²) < 4.78 is 5.64. The number of nitrogens with one attached hydrogen (secondary N) is 1. The molecule has 0 radical (unpaired) electrons. The van der Waals surface area contributed by atoms with Gasteiger partial charge in [0.25, 0.3) is 0 Å². The van der Waals surface area contributed by atoms with Crippen LogP contribution in [0.5, 0.6) is 0 Å². The lowest BCUT2D eigenvalue weighted by Crippen LogP contribution is -2.34. The van der Waals surface area contributed by atoms with Crippen molar-refractivity contribution in [3.63, 3.8) is 0 Å². The van der Waals surface area contributed by atoms with Gasteiger partial charge in [0.05, 0.1) is 6.61 Å². The monoisotopic (exact) mass is 253 g/mol. The van der Waals surface area contributed by atoms with E-state index < -0.39 is 0 Å². The number of hydrogen-bond acceptors (Lipinski definition) is 3. The molecule has 17 heavy (non-hydrogen) atoms. The molecular weight excluding hydrogens is 230 g/mol. The van der Waals surface area contributed by atoms with Crippen LogP contribution < -0.4 is 5.32 Å². The zero-order valence-corrected chi connectivity index (χ0v) is 11.7. The molecule has 0 saturated carbocycles. The van der Waals surface area contributed by atoms with Gasteiger partial charge in [0.1, 0.15) is 0 Å². The van der Waals surface area contributed by atoms with Gasteiger partial charge in [0.2, 0.25) is 0 Å². The summed E-state index contributed by atoms with van der Waals surface area (Å²) in [4.78, 5) is 1.45. The molecule has 1 aromatic heterocycles. The SMILES string of the molecule is CCCNC(c1ccsc1C)C1CCCOC1. The first-order chi connectivity index (χ1) is 8.33. The predicted octanol–water partition coefficient (Wildman–Crippen LogP) is 3.52. The molecule has 2 rings (SSSR count). The second-order valence-electron chi connectivity index (χ2n) is 4.84. The highest BCUT2D eigenvalue weighted by atomic mass is 32.1. The summed E-state index contributed by atoms with van der Waals surface area (Å²) in [6.45, 7) is 7.40. The second kappa shape index (κ2) is 6.53. The van der Waals surface area contributed by atoms with Crippen molar-refractivity contribution in [3.8, 4) is 0 Å². The lowest BCUT2D eigenvalue weighted by Gasteiger charge is -2.31. The maximum Gasteiger partial charge on any atom is 0.0512 e. The Morgan fingerprint density at radius 3 is 3.06 bits per heavy atom. The third-order valence-corrected chi connectivity index (χ3v) is 4.38. The van der Waals surface area contributed by atoms with Gasteiger partial charge in [-0.15, -0.1) is 11.3 Å². The average molecular weight is 253 g/mol. The van der Waals surface area contributed by atoms with E-state index in [1.165, 1.54) is 29.7 Å². The Kier molecular flexibility index (Phi) is 5.01. The van der Waals surface area contributed by atoms with Crippen LogP contribution in [-0.2, 0) is 4.74 Å². The van der Waals surface area contributed by atoms with E-state index in [9.17, 15) is 0 Å². The summed E-state index contributed by atoms with van der Waals surface area (Å²) in [5, 5.41) is 5.91. The number of thiophene rings is 1. The molecule has 1 aliphatic heterocycles.